The lowest BCUT2D eigenvalue weighted by atomic mass is 9.60. The largest absolute Gasteiger partial charge is 0.463 e. The van der Waals surface area contributed by atoms with Gasteiger partial charge in [0.25, 0.3) is 0 Å². The Labute approximate surface area is 220 Å². The molecule has 2 fully saturated rings. The molecule has 4 unspecified atom stereocenters. The monoisotopic (exact) mass is 511 g/mol. The van der Waals surface area contributed by atoms with Crippen LogP contribution in [0.15, 0.2) is 72.5 Å². The van der Waals surface area contributed by atoms with Crippen LogP contribution in [-0.2, 0) is 25.6 Å². The van der Waals surface area contributed by atoms with E-state index >= 15 is 0 Å². The van der Waals surface area contributed by atoms with Gasteiger partial charge in [0.15, 0.2) is 0 Å². The van der Waals surface area contributed by atoms with E-state index in [1.807, 2.05) is 48.5 Å². The molecule has 3 aromatic rings. The number of tetrazole rings is 1. The van der Waals surface area contributed by atoms with E-state index < -0.39 is 11.6 Å². The number of hydrogen-bond acceptors (Lipinski definition) is 7. The number of allylic oxidation sites excluding steroid dienone is 1. The average molecular weight is 512 g/mol. The Kier molecular flexibility index (Phi) is 6.15. The van der Waals surface area contributed by atoms with Crippen molar-refractivity contribution in [3.05, 3.63) is 78.0 Å². The summed E-state index contributed by atoms with van der Waals surface area (Å²) in [6.07, 6.45) is 7.42. The van der Waals surface area contributed by atoms with Crippen LogP contribution in [0.2, 0.25) is 0 Å². The van der Waals surface area contributed by atoms with Crippen LogP contribution in [-0.4, -0.2) is 56.7 Å². The summed E-state index contributed by atoms with van der Waals surface area (Å²) in [6, 6.07) is 16.0. The number of ether oxygens (including phenoxy) is 2. The van der Waals surface area contributed by atoms with E-state index in [2.05, 4.69) is 32.8 Å². The number of hydrogen-bond donors (Lipinski definition) is 1. The number of likely N-dealkylation sites (tertiary alicyclic amines) is 1. The fourth-order valence-corrected chi connectivity index (χ4v) is 6.32. The third kappa shape index (κ3) is 3.94. The SMILES string of the molecule is CCOC(=O)/C=C1\C2C(C(=O)N1Cc1ccc(-c3ccccc3-c3nn[nH]n3)cc1)C1C=CC2(OC)CC1. The van der Waals surface area contributed by atoms with Crippen molar-refractivity contribution in [2.24, 2.45) is 17.8 Å². The summed E-state index contributed by atoms with van der Waals surface area (Å²) in [6.45, 7) is 2.41. The molecule has 4 aliphatic rings. The van der Waals surface area contributed by atoms with Crippen molar-refractivity contribution < 1.29 is 19.1 Å². The maximum atomic E-state index is 13.8. The Bertz CT molecular complexity index is 1410. The first-order valence-electron chi connectivity index (χ1n) is 12.9. The molecule has 38 heavy (non-hydrogen) atoms. The first-order valence-corrected chi connectivity index (χ1v) is 12.9. The van der Waals surface area contributed by atoms with Gasteiger partial charge in [0.05, 0.1) is 24.7 Å². The van der Waals surface area contributed by atoms with Gasteiger partial charge in [0.1, 0.15) is 0 Å². The van der Waals surface area contributed by atoms with Gasteiger partial charge in [-0.2, -0.15) is 5.21 Å². The van der Waals surface area contributed by atoms with Gasteiger partial charge in [-0.1, -0.05) is 60.7 Å². The Balaban J connectivity index is 1.32. The van der Waals surface area contributed by atoms with E-state index in [9.17, 15) is 9.59 Å². The Morgan fingerprint density at radius 1 is 1.18 bits per heavy atom. The highest BCUT2D eigenvalue weighted by Gasteiger charge is 2.61. The Morgan fingerprint density at radius 2 is 1.97 bits per heavy atom. The number of carbonyl (C=O) groups excluding carboxylic acids is 2. The lowest BCUT2D eigenvalue weighted by Gasteiger charge is -2.48. The molecule has 1 N–H and O–H groups in total. The van der Waals surface area contributed by atoms with Crippen LogP contribution in [0, 0.1) is 17.8 Å². The standard InChI is InChI=1S/C29H29N5O4/c1-3-38-24(35)16-23-26-25(20-12-14-29(26,37-2)15-13-20)28(36)34(23)17-18-8-10-19(11-9-18)21-6-4-5-7-22(21)27-30-32-33-31-27/h4-12,14,16,20,25-26H,3,13,15,17H2,1-2H3,(H,30,31,32,33)/b23-16+. The number of carbonyl (C=O) groups is 2. The zero-order valence-corrected chi connectivity index (χ0v) is 21.3. The summed E-state index contributed by atoms with van der Waals surface area (Å²) in [7, 11) is 1.69. The predicted octanol–water partition coefficient (Wildman–Crippen LogP) is 3.92. The molecule has 4 atom stereocenters. The number of methoxy groups -OCH3 is 1. The van der Waals surface area contributed by atoms with Crippen LogP contribution in [0.1, 0.15) is 25.3 Å². The van der Waals surface area contributed by atoms with Gasteiger partial charge in [-0.05, 0) is 47.6 Å². The molecule has 1 aliphatic heterocycles. The highest BCUT2D eigenvalue weighted by atomic mass is 16.5. The lowest BCUT2D eigenvalue weighted by Crippen LogP contribution is -2.51. The van der Waals surface area contributed by atoms with Crippen molar-refractivity contribution >= 4 is 11.9 Å². The van der Waals surface area contributed by atoms with Crippen LogP contribution >= 0.6 is 0 Å². The molecule has 2 aromatic carbocycles. The van der Waals surface area contributed by atoms with Crippen molar-refractivity contribution in [2.75, 3.05) is 13.7 Å². The minimum Gasteiger partial charge on any atom is -0.463 e. The van der Waals surface area contributed by atoms with E-state index in [-0.39, 0.29) is 30.3 Å². The smallest absolute Gasteiger partial charge is 0.332 e. The molecule has 3 aliphatic carbocycles. The van der Waals surface area contributed by atoms with Gasteiger partial charge < -0.3 is 14.4 Å². The van der Waals surface area contributed by atoms with Gasteiger partial charge in [0.2, 0.25) is 11.7 Å². The first kappa shape index (κ1) is 24.2. The first-order chi connectivity index (χ1) is 18.5. The number of benzene rings is 2. The quantitative estimate of drug-likeness (QED) is 0.291. The number of H-pyrrole nitrogens is 1. The van der Waals surface area contributed by atoms with Crippen LogP contribution < -0.4 is 0 Å². The highest BCUT2D eigenvalue weighted by molar-refractivity contribution is 5.90. The number of aromatic nitrogens is 4. The molecular formula is C29H29N5O4. The van der Waals surface area contributed by atoms with E-state index in [0.717, 1.165) is 35.1 Å². The van der Waals surface area contributed by atoms with Gasteiger partial charge in [-0.15, -0.1) is 10.2 Å². The molecule has 0 spiro atoms. The predicted molar refractivity (Wildman–Crippen MR) is 139 cm³/mol. The Morgan fingerprint density at radius 3 is 2.63 bits per heavy atom. The normalized spacial score (nSPS) is 26.7. The summed E-state index contributed by atoms with van der Waals surface area (Å²) >= 11 is 0. The number of aromatic amines is 1. The van der Waals surface area contributed by atoms with Crippen molar-refractivity contribution in [2.45, 2.75) is 31.9 Å². The molecule has 7 rings (SSSR count). The van der Waals surface area contributed by atoms with Crippen molar-refractivity contribution in [1.82, 2.24) is 25.5 Å². The van der Waals surface area contributed by atoms with E-state index in [4.69, 9.17) is 9.47 Å². The minimum atomic E-state index is -0.592. The number of nitrogens with zero attached hydrogens (tertiary/aromatic N) is 4. The molecule has 2 bridgehead atoms. The van der Waals surface area contributed by atoms with Crippen LogP contribution in [0.3, 0.4) is 0 Å². The molecular weight excluding hydrogens is 482 g/mol. The number of rotatable bonds is 7. The molecule has 1 amide bonds. The maximum absolute atomic E-state index is 13.8. The number of fused-ring (bicyclic) bond motifs is 1. The number of nitrogens with one attached hydrogen (secondary N) is 1. The van der Waals surface area contributed by atoms with E-state index in [1.165, 1.54) is 6.08 Å². The van der Waals surface area contributed by atoms with Gasteiger partial charge >= 0.3 is 5.97 Å². The lowest BCUT2D eigenvalue weighted by molar-refractivity contribution is -0.137. The minimum absolute atomic E-state index is 0.0348. The number of esters is 1. The van der Waals surface area contributed by atoms with Crippen molar-refractivity contribution in [3.8, 4) is 22.5 Å². The molecule has 9 heteroatoms. The summed E-state index contributed by atoms with van der Waals surface area (Å²) in [5.41, 5.74) is 3.90. The average Bonchev–Trinajstić information content (AvgIpc) is 3.59. The maximum Gasteiger partial charge on any atom is 0.332 e. The molecule has 1 saturated carbocycles. The van der Waals surface area contributed by atoms with Gasteiger partial charge in [0, 0.05) is 30.4 Å². The Hall–Kier alpha value is -4.11. The van der Waals surface area contributed by atoms with Gasteiger partial charge in [-0.3, -0.25) is 4.79 Å². The molecule has 1 saturated heterocycles. The summed E-state index contributed by atoms with van der Waals surface area (Å²) in [5, 5.41) is 14.4. The summed E-state index contributed by atoms with van der Waals surface area (Å²) in [4.78, 5) is 28.2. The molecule has 0 radical (unpaired) electrons. The second-order valence-electron chi connectivity index (χ2n) is 9.95. The zero-order chi connectivity index (χ0) is 26.3. The van der Waals surface area contributed by atoms with Crippen LogP contribution in [0.25, 0.3) is 22.5 Å². The van der Waals surface area contributed by atoms with Crippen molar-refractivity contribution in [1.29, 1.82) is 0 Å². The molecule has 9 nitrogen and oxygen atoms in total. The second kappa shape index (κ2) is 9.64. The number of amides is 1. The fourth-order valence-electron chi connectivity index (χ4n) is 6.32. The zero-order valence-electron chi connectivity index (χ0n) is 21.3. The molecule has 2 heterocycles. The fraction of sp³-hybridized carbons (Fsp3) is 0.345. The van der Waals surface area contributed by atoms with E-state index in [1.54, 1.807) is 18.9 Å². The van der Waals surface area contributed by atoms with Crippen LogP contribution in [0.4, 0.5) is 0 Å². The summed E-state index contributed by atoms with van der Waals surface area (Å²) < 4.78 is 11.3. The van der Waals surface area contributed by atoms with Crippen LogP contribution in [0.5, 0.6) is 0 Å². The third-order valence-electron chi connectivity index (χ3n) is 8.07. The summed E-state index contributed by atoms with van der Waals surface area (Å²) in [5.74, 6) is -0.188. The molecule has 194 valence electrons. The second-order valence-corrected chi connectivity index (χ2v) is 9.95. The topological polar surface area (TPSA) is 110 Å². The van der Waals surface area contributed by atoms with Crippen molar-refractivity contribution in [3.63, 3.8) is 0 Å². The third-order valence-corrected chi connectivity index (χ3v) is 8.07. The molecule has 1 aromatic heterocycles. The van der Waals surface area contributed by atoms with E-state index in [0.29, 0.717) is 18.1 Å². The van der Waals surface area contributed by atoms with Gasteiger partial charge in [-0.25, -0.2) is 4.79 Å². The highest BCUT2D eigenvalue weighted by Crippen LogP contribution is 2.56.